The van der Waals surface area contributed by atoms with Crippen molar-refractivity contribution < 1.29 is 26.2 Å². The predicted octanol–water partition coefficient (Wildman–Crippen LogP) is 11.5. The number of nitrogens with zero attached hydrogens (tertiary/aromatic N) is 2. The van der Waals surface area contributed by atoms with E-state index in [1.54, 1.807) is 0 Å². The first-order valence-corrected chi connectivity index (χ1v) is 14.3. The second-order valence-corrected chi connectivity index (χ2v) is 10.3. The molecule has 0 aliphatic heterocycles. The van der Waals surface area contributed by atoms with E-state index in [4.69, 9.17) is 10.3 Å². The molecule has 7 aromatic rings. The maximum absolute atomic E-state index is 5.03. The average molecular weight is 646 g/mol. The van der Waals surface area contributed by atoms with E-state index < -0.39 is 0 Å². The molecule has 0 N–H and O–H groups in total. The zero-order valence-electron chi connectivity index (χ0n) is 25.2. The standard InChI is InChI=1S/C27H20N2.2C7H7.Zr/c1-18-8-5-9-19(2)26(18)29-25-15-7-12-21-16-17-24(28-27(21)25)23-14-6-11-20-10-3-4-13-22(20)23;2*1-7-5-3-2-4-6-7;/h3-13,15-17H,1-2H3;2*2-6H,1H2;/q-2;2*-1;+4. The molecule has 0 saturated carbocycles. The largest absolute Gasteiger partial charge is 4.00 e. The Morgan fingerprint density at radius 2 is 1.14 bits per heavy atom. The second-order valence-electron chi connectivity index (χ2n) is 10.3. The minimum atomic E-state index is 0. The number of hydrogen-bond donors (Lipinski definition) is 0. The molecular weight excluding hydrogens is 612 g/mol. The van der Waals surface area contributed by atoms with Gasteiger partial charge in [-0.05, 0) is 24.9 Å². The maximum Gasteiger partial charge on any atom is 4.00 e. The van der Waals surface area contributed by atoms with E-state index in [2.05, 4.69) is 100 Å². The van der Waals surface area contributed by atoms with Crippen LogP contribution in [0.2, 0.25) is 0 Å². The van der Waals surface area contributed by atoms with Gasteiger partial charge in [-0.1, -0.05) is 101 Å². The van der Waals surface area contributed by atoms with Crippen molar-refractivity contribution in [2.75, 3.05) is 0 Å². The van der Waals surface area contributed by atoms with Crippen molar-refractivity contribution in [1.29, 1.82) is 0 Å². The van der Waals surface area contributed by atoms with Gasteiger partial charge >= 0.3 is 26.2 Å². The molecule has 0 spiro atoms. The van der Waals surface area contributed by atoms with Crippen LogP contribution in [0.5, 0.6) is 0 Å². The third kappa shape index (κ3) is 8.28. The maximum atomic E-state index is 5.03. The van der Waals surface area contributed by atoms with Crippen LogP contribution >= 0.6 is 0 Å². The van der Waals surface area contributed by atoms with Crippen molar-refractivity contribution in [3.05, 3.63) is 193 Å². The molecule has 1 aromatic heterocycles. The predicted molar refractivity (Wildman–Crippen MR) is 184 cm³/mol. The van der Waals surface area contributed by atoms with Gasteiger partial charge in [0.1, 0.15) is 0 Å². The van der Waals surface area contributed by atoms with Gasteiger partial charge in [0.15, 0.2) is 0 Å². The third-order valence-electron chi connectivity index (χ3n) is 7.03. The number of aryl methyl sites for hydroxylation is 2. The van der Waals surface area contributed by atoms with E-state index in [9.17, 15) is 0 Å². The van der Waals surface area contributed by atoms with Gasteiger partial charge in [-0.2, -0.15) is 49.2 Å². The summed E-state index contributed by atoms with van der Waals surface area (Å²) in [4.78, 5) is 5.03. The quantitative estimate of drug-likeness (QED) is 0.176. The zero-order valence-corrected chi connectivity index (χ0v) is 27.6. The molecule has 0 amide bonds. The second kappa shape index (κ2) is 15.8. The number of benzene rings is 6. The van der Waals surface area contributed by atoms with E-state index in [1.807, 2.05) is 78.9 Å². The van der Waals surface area contributed by atoms with E-state index >= 15 is 0 Å². The van der Waals surface area contributed by atoms with Crippen molar-refractivity contribution >= 4 is 33.1 Å². The molecule has 6 aromatic carbocycles. The number of pyridine rings is 1. The molecule has 0 unspecified atom stereocenters. The van der Waals surface area contributed by atoms with Crippen LogP contribution in [0.1, 0.15) is 22.3 Å². The molecule has 0 radical (unpaired) electrons. The Bertz CT molecular complexity index is 1870. The Morgan fingerprint density at radius 1 is 0.568 bits per heavy atom. The Hall–Kier alpha value is -4.59. The van der Waals surface area contributed by atoms with Crippen molar-refractivity contribution in [3.8, 4) is 11.3 Å². The SMILES string of the molecule is Cc1cccc(C)c1[N-]c1cccc2ccc(-c3[c-]ccc4ccccc34)nc12.[CH2-]c1ccccc1.[CH2-]c1ccccc1.[Zr+4]. The molecular formula is C41H34N2Zr. The van der Waals surface area contributed by atoms with Crippen LogP contribution in [-0.4, -0.2) is 4.98 Å². The van der Waals surface area contributed by atoms with Crippen molar-refractivity contribution in [3.63, 3.8) is 0 Å². The first-order valence-electron chi connectivity index (χ1n) is 14.3. The molecule has 2 nitrogen and oxygen atoms in total. The Balaban J connectivity index is 0.000000242. The minimum Gasteiger partial charge on any atom is -0.656 e. The molecule has 44 heavy (non-hydrogen) atoms. The van der Waals surface area contributed by atoms with Crippen LogP contribution < -0.4 is 0 Å². The summed E-state index contributed by atoms with van der Waals surface area (Å²) in [6.45, 7) is 11.6. The fourth-order valence-electron chi connectivity index (χ4n) is 4.79. The van der Waals surface area contributed by atoms with E-state index in [1.165, 1.54) is 16.5 Å². The van der Waals surface area contributed by atoms with Gasteiger partial charge in [0.2, 0.25) is 0 Å². The van der Waals surface area contributed by atoms with Gasteiger partial charge in [-0.25, -0.2) is 0 Å². The van der Waals surface area contributed by atoms with Crippen LogP contribution in [0.3, 0.4) is 0 Å². The number of fused-ring (bicyclic) bond motifs is 2. The van der Waals surface area contributed by atoms with Gasteiger partial charge in [0.25, 0.3) is 0 Å². The molecule has 0 aliphatic rings. The summed E-state index contributed by atoms with van der Waals surface area (Å²) in [5, 5.41) is 8.43. The van der Waals surface area contributed by atoms with Crippen molar-refractivity contribution in [2.45, 2.75) is 13.8 Å². The van der Waals surface area contributed by atoms with E-state index in [0.717, 1.165) is 50.0 Å². The molecule has 212 valence electrons. The fourth-order valence-corrected chi connectivity index (χ4v) is 4.79. The topological polar surface area (TPSA) is 27.0 Å². The van der Waals surface area contributed by atoms with Gasteiger partial charge in [-0.15, -0.1) is 64.8 Å². The van der Waals surface area contributed by atoms with Crippen LogP contribution in [0.4, 0.5) is 11.4 Å². The third-order valence-corrected chi connectivity index (χ3v) is 7.03. The average Bonchev–Trinajstić information content (AvgIpc) is 3.04. The van der Waals surface area contributed by atoms with Crippen LogP contribution in [0.25, 0.3) is 38.2 Å². The first-order chi connectivity index (χ1) is 21.0. The summed E-state index contributed by atoms with van der Waals surface area (Å²) in [5.41, 5.74) is 9.23. The Labute approximate surface area is 281 Å². The van der Waals surface area contributed by atoms with Crippen molar-refractivity contribution in [2.24, 2.45) is 0 Å². The summed E-state index contributed by atoms with van der Waals surface area (Å²) in [5.74, 6) is 0. The number of aromatic nitrogens is 1. The molecule has 3 heteroatoms. The summed E-state index contributed by atoms with van der Waals surface area (Å²) < 4.78 is 0. The van der Waals surface area contributed by atoms with Crippen molar-refractivity contribution in [1.82, 2.24) is 4.98 Å². The van der Waals surface area contributed by atoms with Gasteiger partial charge < -0.3 is 5.32 Å². The summed E-state index contributed by atoms with van der Waals surface area (Å²) in [6, 6.07) is 52.2. The van der Waals surface area contributed by atoms with Crippen LogP contribution in [0.15, 0.2) is 146 Å². The van der Waals surface area contributed by atoms with E-state index in [0.29, 0.717) is 0 Å². The Morgan fingerprint density at radius 3 is 1.75 bits per heavy atom. The normalized spacial score (nSPS) is 10.0. The van der Waals surface area contributed by atoms with Crippen LogP contribution in [-0.2, 0) is 26.2 Å². The molecule has 0 fully saturated rings. The monoisotopic (exact) mass is 644 g/mol. The number of para-hydroxylation sites is 2. The van der Waals surface area contributed by atoms with Crippen LogP contribution in [0, 0.1) is 33.8 Å². The molecule has 0 aliphatic carbocycles. The molecule has 7 rings (SSSR count). The Kier molecular flexibility index (Phi) is 11.6. The summed E-state index contributed by atoms with van der Waals surface area (Å²) >= 11 is 0. The first kappa shape index (κ1) is 32.3. The van der Waals surface area contributed by atoms with E-state index in [-0.39, 0.29) is 26.2 Å². The summed E-state index contributed by atoms with van der Waals surface area (Å²) in [6.07, 6.45) is 0. The smallest absolute Gasteiger partial charge is 0.656 e. The zero-order chi connectivity index (χ0) is 30.0. The van der Waals surface area contributed by atoms with Gasteiger partial charge in [-0.3, -0.25) is 4.98 Å². The molecule has 1 heterocycles. The number of hydrogen-bond acceptors (Lipinski definition) is 1. The molecule has 0 bridgehead atoms. The fraction of sp³-hybridized carbons (Fsp3) is 0.0488. The van der Waals surface area contributed by atoms with Gasteiger partial charge in [0.05, 0.1) is 0 Å². The minimum absolute atomic E-state index is 0. The molecule has 0 saturated heterocycles. The number of rotatable bonds is 3. The molecule has 0 atom stereocenters. The van der Waals surface area contributed by atoms with Gasteiger partial charge in [0, 0.05) is 5.52 Å². The summed E-state index contributed by atoms with van der Waals surface area (Å²) in [7, 11) is 0.